The van der Waals surface area contributed by atoms with E-state index in [0.717, 1.165) is 19.4 Å². The zero-order valence-electron chi connectivity index (χ0n) is 14.5. The van der Waals surface area contributed by atoms with E-state index in [2.05, 4.69) is 45.2 Å². The summed E-state index contributed by atoms with van der Waals surface area (Å²) in [7, 11) is 1.52. The Morgan fingerprint density at radius 2 is 1.76 bits per heavy atom. The van der Waals surface area contributed by atoms with Crippen molar-refractivity contribution >= 4 is 5.78 Å². The van der Waals surface area contributed by atoms with E-state index < -0.39 is 0 Å². The van der Waals surface area contributed by atoms with Gasteiger partial charge in [-0.15, -0.1) is 0 Å². The molecular weight excluding hydrogens is 314 g/mol. The zero-order chi connectivity index (χ0) is 17.2. The van der Waals surface area contributed by atoms with Crippen LogP contribution < -0.4 is 4.74 Å². The summed E-state index contributed by atoms with van der Waals surface area (Å²) in [6.07, 6.45) is 7.45. The number of nitrogens with zero attached hydrogens (tertiary/aromatic N) is 3. The molecule has 0 N–H and O–H groups in total. The van der Waals surface area contributed by atoms with Crippen molar-refractivity contribution in [2.75, 3.05) is 7.11 Å². The highest BCUT2D eigenvalue weighted by Crippen LogP contribution is 2.40. The van der Waals surface area contributed by atoms with Crippen LogP contribution in [0.25, 0.3) is 0 Å². The molecule has 2 bridgehead atoms. The Hall–Kier alpha value is -2.27. The third-order valence-electron chi connectivity index (χ3n) is 5.56. The Morgan fingerprint density at radius 3 is 2.36 bits per heavy atom. The highest BCUT2D eigenvalue weighted by atomic mass is 16.5. The van der Waals surface area contributed by atoms with Gasteiger partial charge in [0.15, 0.2) is 5.78 Å². The Morgan fingerprint density at radius 1 is 1.12 bits per heavy atom. The fourth-order valence-corrected chi connectivity index (χ4v) is 4.33. The first-order valence-electron chi connectivity index (χ1n) is 8.94. The molecule has 130 valence electrons. The monoisotopic (exact) mass is 337 g/mol. The van der Waals surface area contributed by atoms with Crippen LogP contribution in [-0.4, -0.2) is 39.8 Å². The number of ether oxygens (including phenoxy) is 1. The number of carbonyl (C=O) groups excluding carboxylic acids is 1. The van der Waals surface area contributed by atoms with E-state index in [4.69, 9.17) is 4.74 Å². The summed E-state index contributed by atoms with van der Waals surface area (Å²) in [5.74, 6) is 0.264. The number of rotatable bonds is 5. The van der Waals surface area contributed by atoms with Gasteiger partial charge in [0.05, 0.1) is 12.7 Å². The van der Waals surface area contributed by atoms with Gasteiger partial charge in [0, 0.05) is 36.9 Å². The molecule has 2 atom stereocenters. The maximum Gasteiger partial charge on any atom is 0.316 e. The number of fused-ring (bicyclic) bond motifs is 2. The number of methoxy groups -OCH3 is 1. The molecule has 0 amide bonds. The maximum absolute atomic E-state index is 12.8. The van der Waals surface area contributed by atoms with Crippen LogP contribution in [0.3, 0.4) is 0 Å². The molecule has 0 saturated carbocycles. The Kier molecular flexibility index (Phi) is 4.49. The topological polar surface area (TPSA) is 55.3 Å². The molecule has 2 aliphatic heterocycles. The quantitative estimate of drug-likeness (QED) is 0.785. The van der Waals surface area contributed by atoms with Crippen molar-refractivity contribution in [3.63, 3.8) is 0 Å². The minimum absolute atomic E-state index is 0.0847. The van der Waals surface area contributed by atoms with E-state index in [9.17, 15) is 4.79 Å². The fraction of sp³-hybridized carbons (Fsp3) is 0.450. The third-order valence-corrected chi connectivity index (χ3v) is 5.56. The van der Waals surface area contributed by atoms with Crippen LogP contribution in [-0.2, 0) is 6.54 Å². The van der Waals surface area contributed by atoms with Crippen molar-refractivity contribution in [1.82, 2.24) is 14.9 Å². The molecule has 25 heavy (non-hydrogen) atoms. The van der Waals surface area contributed by atoms with Gasteiger partial charge in [-0.1, -0.05) is 30.3 Å². The van der Waals surface area contributed by atoms with Gasteiger partial charge < -0.3 is 4.74 Å². The lowest BCUT2D eigenvalue weighted by molar-refractivity contribution is 0.0677. The lowest BCUT2D eigenvalue weighted by atomic mass is 9.85. The first kappa shape index (κ1) is 16.2. The molecule has 2 unspecified atom stereocenters. The zero-order valence-corrected chi connectivity index (χ0v) is 14.5. The third kappa shape index (κ3) is 3.29. The van der Waals surface area contributed by atoms with E-state index in [0.29, 0.717) is 23.7 Å². The summed E-state index contributed by atoms with van der Waals surface area (Å²) in [5, 5.41) is 0. The highest BCUT2D eigenvalue weighted by Gasteiger charge is 2.42. The normalized spacial score (nSPS) is 25.7. The number of ketones is 1. The van der Waals surface area contributed by atoms with Crippen molar-refractivity contribution in [3.8, 4) is 6.01 Å². The van der Waals surface area contributed by atoms with Gasteiger partial charge in [0.2, 0.25) is 0 Å². The average molecular weight is 337 g/mol. The molecule has 5 heteroatoms. The molecule has 2 saturated heterocycles. The number of carbonyl (C=O) groups is 1. The van der Waals surface area contributed by atoms with Crippen molar-refractivity contribution in [2.24, 2.45) is 5.92 Å². The van der Waals surface area contributed by atoms with E-state index in [1.165, 1.54) is 25.5 Å². The van der Waals surface area contributed by atoms with Crippen LogP contribution in [0.4, 0.5) is 0 Å². The van der Waals surface area contributed by atoms with Crippen LogP contribution in [0.15, 0.2) is 42.7 Å². The standard InChI is InChI=1S/C20H23N3O2/c1-25-20-21-11-16(12-22-20)19(24)15-9-17-7-8-18(10-15)23(17)13-14-5-3-2-4-6-14/h2-6,11-12,15,17-18H,7-10,13H2,1H3. The average Bonchev–Trinajstić information content (AvgIpc) is 2.90. The molecule has 2 aromatic rings. The summed E-state index contributed by atoms with van der Waals surface area (Å²) in [5.41, 5.74) is 1.95. The predicted molar refractivity (Wildman–Crippen MR) is 94.4 cm³/mol. The summed E-state index contributed by atoms with van der Waals surface area (Å²) >= 11 is 0. The molecule has 0 spiro atoms. The van der Waals surface area contributed by atoms with Crippen molar-refractivity contribution in [1.29, 1.82) is 0 Å². The van der Waals surface area contributed by atoms with Gasteiger partial charge in [0.25, 0.3) is 0 Å². The smallest absolute Gasteiger partial charge is 0.316 e. The Labute approximate surface area is 148 Å². The van der Waals surface area contributed by atoms with Gasteiger partial charge >= 0.3 is 6.01 Å². The Balaban J connectivity index is 1.44. The lowest BCUT2D eigenvalue weighted by Gasteiger charge is -2.38. The molecule has 4 rings (SSSR count). The van der Waals surface area contributed by atoms with Gasteiger partial charge in [-0.05, 0) is 31.2 Å². The number of piperidine rings is 1. The van der Waals surface area contributed by atoms with Gasteiger partial charge in [-0.2, -0.15) is 0 Å². The van der Waals surface area contributed by atoms with Gasteiger partial charge in [0.1, 0.15) is 0 Å². The van der Waals surface area contributed by atoms with Crippen molar-refractivity contribution in [3.05, 3.63) is 53.9 Å². The van der Waals surface area contributed by atoms with Gasteiger partial charge in [-0.3, -0.25) is 9.69 Å². The molecule has 0 radical (unpaired) electrons. The largest absolute Gasteiger partial charge is 0.467 e. The summed E-state index contributed by atoms with van der Waals surface area (Å²) in [4.78, 5) is 23.6. The van der Waals surface area contributed by atoms with Crippen LogP contribution in [0.5, 0.6) is 6.01 Å². The lowest BCUT2D eigenvalue weighted by Crippen LogP contribution is -2.44. The van der Waals surface area contributed by atoms with Crippen LogP contribution in [0.1, 0.15) is 41.6 Å². The first-order chi connectivity index (χ1) is 12.2. The molecular formula is C20H23N3O2. The number of hydrogen-bond donors (Lipinski definition) is 0. The van der Waals surface area contributed by atoms with Crippen LogP contribution in [0, 0.1) is 5.92 Å². The highest BCUT2D eigenvalue weighted by molar-refractivity contribution is 5.97. The SMILES string of the molecule is COc1ncc(C(=O)C2CC3CCC(C2)N3Cc2ccccc2)cn1. The van der Waals surface area contributed by atoms with Crippen molar-refractivity contribution < 1.29 is 9.53 Å². The summed E-state index contributed by atoms with van der Waals surface area (Å²) in [6, 6.07) is 11.9. The minimum Gasteiger partial charge on any atom is -0.467 e. The van der Waals surface area contributed by atoms with Crippen LogP contribution >= 0.6 is 0 Å². The molecule has 1 aromatic carbocycles. The van der Waals surface area contributed by atoms with E-state index in [1.807, 2.05) is 0 Å². The van der Waals surface area contributed by atoms with E-state index in [1.54, 1.807) is 12.4 Å². The summed E-state index contributed by atoms with van der Waals surface area (Å²) in [6.45, 7) is 0.989. The Bertz CT molecular complexity index is 718. The number of Topliss-reactive ketones (excluding diaryl/α,β-unsaturated/α-hetero) is 1. The van der Waals surface area contributed by atoms with Crippen LogP contribution in [0.2, 0.25) is 0 Å². The predicted octanol–water partition coefficient (Wildman–Crippen LogP) is 3.11. The maximum atomic E-state index is 12.8. The molecule has 0 aliphatic carbocycles. The van der Waals surface area contributed by atoms with Gasteiger partial charge in [-0.25, -0.2) is 9.97 Å². The minimum atomic E-state index is 0.0847. The molecule has 2 aliphatic rings. The first-order valence-corrected chi connectivity index (χ1v) is 8.94. The fourth-order valence-electron chi connectivity index (χ4n) is 4.33. The number of aromatic nitrogens is 2. The molecule has 3 heterocycles. The molecule has 5 nitrogen and oxygen atoms in total. The number of benzene rings is 1. The van der Waals surface area contributed by atoms with Crippen molar-refractivity contribution in [2.45, 2.75) is 44.3 Å². The van der Waals surface area contributed by atoms with E-state index in [-0.39, 0.29) is 11.7 Å². The second-order valence-electron chi connectivity index (χ2n) is 7.03. The second-order valence-corrected chi connectivity index (χ2v) is 7.03. The molecule has 2 fully saturated rings. The second kappa shape index (κ2) is 6.92. The van der Waals surface area contributed by atoms with E-state index >= 15 is 0 Å². The molecule has 1 aromatic heterocycles. The number of hydrogen-bond acceptors (Lipinski definition) is 5. The summed E-state index contributed by atoms with van der Waals surface area (Å²) < 4.78 is 4.97.